The number of carbonyl (C=O) groups is 2. The summed E-state index contributed by atoms with van der Waals surface area (Å²) >= 11 is 1.14. The molecule has 0 saturated heterocycles. The maximum Gasteiger partial charge on any atom is 0.234 e. The Morgan fingerprint density at radius 3 is 2.72 bits per heavy atom. The number of allylic oxidation sites excluding steroid dienone is 1. The number of carbonyl (C=O) groups excluding carboxylic acids is 2. The molecule has 0 unspecified atom stereocenters. The van der Waals surface area contributed by atoms with Gasteiger partial charge >= 0.3 is 0 Å². The summed E-state index contributed by atoms with van der Waals surface area (Å²) in [6.07, 6.45) is 1.64. The zero-order valence-electron chi connectivity index (χ0n) is 17.4. The van der Waals surface area contributed by atoms with Crippen molar-refractivity contribution in [3.63, 3.8) is 0 Å². The maximum absolute atomic E-state index is 13.7. The summed E-state index contributed by atoms with van der Waals surface area (Å²) in [6.45, 7) is 4.09. The van der Waals surface area contributed by atoms with Crippen LogP contribution in [0.25, 0.3) is 0 Å². The summed E-state index contributed by atoms with van der Waals surface area (Å²) < 4.78 is 20.6. The fourth-order valence-corrected chi connectivity index (χ4v) is 3.56. The fourth-order valence-electron chi connectivity index (χ4n) is 2.80. The molecule has 2 aromatic carbocycles. The Hall–Kier alpha value is -3.66. The van der Waals surface area contributed by atoms with Crippen LogP contribution in [0.15, 0.2) is 66.3 Å². The lowest BCUT2D eigenvalue weighted by Gasteiger charge is -2.09. The highest BCUT2D eigenvalue weighted by Crippen LogP contribution is 2.20. The van der Waals surface area contributed by atoms with Crippen molar-refractivity contribution in [2.45, 2.75) is 18.1 Å². The first kappa shape index (κ1) is 23.0. The Bertz CT molecular complexity index is 1120. The van der Waals surface area contributed by atoms with Gasteiger partial charge in [0.1, 0.15) is 17.4 Å². The van der Waals surface area contributed by atoms with Crippen LogP contribution < -0.4 is 15.4 Å². The van der Waals surface area contributed by atoms with Crippen LogP contribution in [0.3, 0.4) is 0 Å². The van der Waals surface area contributed by atoms with Gasteiger partial charge in [0.15, 0.2) is 5.16 Å². The molecule has 0 saturated carbocycles. The van der Waals surface area contributed by atoms with E-state index in [9.17, 15) is 14.0 Å². The van der Waals surface area contributed by atoms with Crippen molar-refractivity contribution in [1.82, 2.24) is 14.8 Å². The van der Waals surface area contributed by atoms with Crippen molar-refractivity contribution in [3.8, 4) is 5.75 Å². The van der Waals surface area contributed by atoms with E-state index in [-0.39, 0.29) is 29.7 Å². The summed E-state index contributed by atoms with van der Waals surface area (Å²) in [6, 6.07) is 13.0. The number of nitrogens with zero attached hydrogens (tertiary/aromatic N) is 3. The lowest BCUT2D eigenvalue weighted by atomic mass is 10.3. The largest absolute Gasteiger partial charge is 0.497 e. The second kappa shape index (κ2) is 11.1. The quantitative estimate of drug-likeness (QED) is 0.359. The monoisotopic (exact) mass is 455 g/mol. The van der Waals surface area contributed by atoms with E-state index in [2.05, 4.69) is 27.4 Å². The molecule has 0 atom stereocenters. The number of benzene rings is 2. The minimum absolute atomic E-state index is 0.000380. The first-order valence-electron chi connectivity index (χ1n) is 9.64. The molecule has 32 heavy (non-hydrogen) atoms. The lowest BCUT2D eigenvalue weighted by molar-refractivity contribution is -0.116. The van der Waals surface area contributed by atoms with Gasteiger partial charge in [-0.15, -0.1) is 16.8 Å². The molecule has 1 aromatic heterocycles. The zero-order chi connectivity index (χ0) is 22.9. The molecule has 166 valence electrons. The number of ether oxygens (including phenoxy) is 1. The molecular weight excluding hydrogens is 433 g/mol. The van der Waals surface area contributed by atoms with E-state index in [1.54, 1.807) is 54.2 Å². The van der Waals surface area contributed by atoms with Crippen molar-refractivity contribution in [1.29, 1.82) is 0 Å². The molecule has 10 heteroatoms. The van der Waals surface area contributed by atoms with Gasteiger partial charge in [-0.25, -0.2) is 4.39 Å². The molecule has 0 aliphatic heterocycles. The third kappa shape index (κ3) is 6.17. The lowest BCUT2D eigenvalue weighted by Crippen LogP contribution is -2.18. The number of aromatic nitrogens is 3. The van der Waals surface area contributed by atoms with Crippen LogP contribution in [0, 0.1) is 5.82 Å². The molecule has 2 amide bonds. The Kier molecular flexibility index (Phi) is 7.98. The highest BCUT2D eigenvalue weighted by Gasteiger charge is 2.17. The van der Waals surface area contributed by atoms with Crippen LogP contribution in [0.1, 0.15) is 5.82 Å². The van der Waals surface area contributed by atoms with Gasteiger partial charge in [-0.1, -0.05) is 36.0 Å². The van der Waals surface area contributed by atoms with E-state index >= 15 is 0 Å². The van der Waals surface area contributed by atoms with Crippen LogP contribution in [-0.4, -0.2) is 39.4 Å². The number of thioether (sulfide) groups is 1. The molecule has 8 nitrogen and oxygen atoms in total. The number of anilines is 2. The summed E-state index contributed by atoms with van der Waals surface area (Å²) in [7, 11) is 1.55. The molecular formula is C22H22FN5O3S. The first-order valence-corrected chi connectivity index (χ1v) is 10.6. The van der Waals surface area contributed by atoms with Gasteiger partial charge in [-0.2, -0.15) is 0 Å². The van der Waals surface area contributed by atoms with Crippen molar-refractivity contribution in [2.24, 2.45) is 0 Å². The standard InChI is InChI=1S/C22H22FN5O3S/c1-3-11-28-19(13-20(29)24-15-7-6-8-16(12-15)31-2)26-27-22(28)32-14-21(30)25-18-10-5-4-9-17(18)23/h3-10,12H,1,11,13-14H2,2H3,(H,24,29)(H,25,30). The molecule has 3 aromatic rings. The van der Waals surface area contributed by atoms with Crippen LogP contribution in [0.2, 0.25) is 0 Å². The van der Waals surface area contributed by atoms with Gasteiger partial charge in [-0.05, 0) is 24.3 Å². The number of hydrogen-bond donors (Lipinski definition) is 2. The maximum atomic E-state index is 13.7. The van der Waals surface area contributed by atoms with Crippen LogP contribution >= 0.6 is 11.8 Å². The molecule has 1 heterocycles. The van der Waals surface area contributed by atoms with E-state index in [1.807, 2.05) is 0 Å². The van der Waals surface area contributed by atoms with Crippen molar-refractivity contribution in [2.75, 3.05) is 23.5 Å². The van der Waals surface area contributed by atoms with E-state index in [1.165, 1.54) is 12.1 Å². The minimum atomic E-state index is -0.509. The molecule has 0 radical (unpaired) electrons. The predicted octanol–water partition coefficient (Wildman–Crippen LogP) is 3.52. The molecule has 0 aliphatic carbocycles. The van der Waals surface area contributed by atoms with Crippen LogP contribution in [0.4, 0.5) is 15.8 Å². The van der Waals surface area contributed by atoms with Crippen LogP contribution in [-0.2, 0) is 22.6 Å². The summed E-state index contributed by atoms with van der Waals surface area (Å²) in [5.74, 6) is -0.104. The number of hydrogen-bond acceptors (Lipinski definition) is 6. The Labute approximate surface area is 188 Å². The second-order valence-electron chi connectivity index (χ2n) is 6.57. The number of para-hydroxylation sites is 1. The van der Waals surface area contributed by atoms with E-state index in [4.69, 9.17) is 4.74 Å². The van der Waals surface area contributed by atoms with Crippen LogP contribution in [0.5, 0.6) is 5.75 Å². The van der Waals surface area contributed by atoms with Gasteiger partial charge in [-0.3, -0.25) is 9.59 Å². The predicted molar refractivity (Wildman–Crippen MR) is 121 cm³/mol. The Balaban J connectivity index is 1.62. The summed E-state index contributed by atoms with van der Waals surface area (Å²) in [5.41, 5.74) is 0.712. The van der Waals surface area contributed by atoms with E-state index in [0.29, 0.717) is 29.0 Å². The highest BCUT2D eigenvalue weighted by atomic mass is 32.2. The molecule has 0 aliphatic rings. The average Bonchev–Trinajstić information content (AvgIpc) is 3.15. The Morgan fingerprint density at radius 1 is 1.16 bits per heavy atom. The van der Waals surface area contributed by atoms with Gasteiger partial charge in [0, 0.05) is 18.3 Å². The van der Waals surface area contributed by atoms with Gasteiger partial charge in [0.05, 0.1) is 25.0 Å². The number of rotatable bonds is 10. The third-order valence-electron chi connectivity index (χ3n) is 4.26. The number of amides is 2. The van der Waals surface area contributed by atoms with Crippen molar-refractivity contribution < 1.29 is 18.7 Å². The normalized spacial score (nSPS) is 10.4. The summed E-state index contributed by atoms with van der Waals surface area (Å²) in [4.78, 5) is 24.7. The average molecular weight is 456 g/mol. The second-order valence-corrected chi connectivity index (χ2v) is 7.51. The molecule has 3 rings (SSSR count). The Morgan fingerprint density at radius 2 is 1.97 bits per heavy atom. The van der Waals surface area contributed by atoms with E-state index in [0.717, 1.165) is 11.8 Å². The van der Waals surface area contributed by atoms with Gasteiger partial charge < -0.3 is 19.9 Å². The highest BCUT2D eigenvalue weighted by molar-refractivity contribution is 7.99. The topological polar surface area (TPSA) is 98.1 Å². The molecule has 0 fully saturated rings. The minimum Gasteiger partial charge on any atom is -0.497 e. The smallest absolute Gasteiger partial charge is 0.234 e. The number of nitrogens with one attached hydrogen (secondary N) is 2. The van der Waals surface area contributed by atoms with Crippen molar-refractivity contribution >= 4 is 35.0 Å². The summed E-state index contributed by atoms with van der Waals surface area (Å²) in [5, 5.41) is 14.0. The molecule has 0 spiro atoms. The number of halogens is 1. The fraction of sp³-hybridized carbons (Fsp3) is 0.182. The first-order chi connectivity index (χ1) is 15.5. The zero-order valence-corrected chi connectivity index (χ0v) is 18.2. The van der Waals surface area contributed by atoms with Crippen molar-refractivity contribution in [3.05, 3.63) is 72.8 Å². The SMILES string of the molecule is C=CCn1c(CC(=O)Nc2cccc(OC)c2)nnc1SCC(=O)Nc1ccccc1F. The van der Waals surface area contributed by atoms with Gasteiger partial charge in [0.25, 0.3) is 0 Å². The molecule has 2 N–H and O–H groups in total. The third-order valence-corrected chi connectivity index (χ3v) is 5.22. The number of methoxy groups -OCH3 is 1. The molecule has 0 bridgehead atoms. The van der Waals surface area contributed by atoms with Gasteiger partial charge in [0.2, 0.25) is 11.8 Å². The van der Waals surface area contributed by atoms with E-state index < -0.39 is 5.82 Å².